The van der Waals surface area contributed by atoms with Gasteiger partial charge in [0.1, 0.15) is 5.75 Å². The highest BCUT2D eigenvalue weighted by molar-refractivity contribution is 5.29. The molecule has 2 rings (SSSR count). The highest BCUT2D eigenvalue weighted by atomic mass is 16.5. The van der Waals surface area contributed by atoms with Gasteiger partial charge in [0.15, 0.2) is 0 Å². The van der Waals surface area contributed by atoms with E-state index in [1.54, 1.807) is 12.4 Å². The smallest absolute Gasteiger partial charge is 0.142 e. The van der Waals surface area contributed by atoms with Crippen molar-refractivity contribution in [2.24, 2.45) is 17.6 Å². The zero-order valence-corrected chi connectivity index (χ0v) is 10.7. The lowest BCUT2D eigenvalue weighted by molar-refractivity contribution is 0.0997. The van der Waals surface area contributed by atoms with E-state index in [-0.39, 0.29) is 0 Å². The number of rotatable bonds is 3. The van der Waals surface area contributed by atoms with Crippen molar-refractivity contribution in [3.05, 3.63) is 24.0 Å². The standard InChI is InChI=1S/C14H22N2O/c1-10-5-11(2)7-13(6-10)17-14-9-16-4-3-12(14)8-15/h3-4,9-11,13H,5-8,15H2,1-2H3. The summed E-state index contributed by atoms with van der Waals surface area (Å²) in [6.45, 7) is 5.12. The molecule has 94 valence electrons. The lowest BCUT2D eigenvalue weighted by Gasteiger charge is -2.32. The van der Waals surface area contributed by atoms with Crippen molar-refractivity contribution < 1.29 is 4.74 Å². The van der Waals surface area contributed by atoms with E-state index in [1.165, 1.54) is 6.42 Å². The average molecular weight is 234 g/mol. The fraction of sp³-hybridized carbons (Fsp3) is 0.643. The van der Waals surface area contributed by atoms with E-state index in [0.717, 1.165) is 36.0 Å². The van der Waals surface area contributed by atoms with Crippen LogP contribution in [0.2, 0.25) is 0 Å². The molecule has 1 aliphatic rings. The van der Waals surface area contributed by atoms with Crippen LogP contribution in [0.15, 0.2) is 18.5 Å². The number of nitrogens with two attached hydrogens (primary N) is 1. The molecule has 2 unspecified atom stereocenters. The third kappa shape index (κ3) is 3.19. The molecule has 1 saturated carbocycles. The van der Waals surface area contributed by atoms with Gasteiger partial charge in [0.2, 0.25) is 0 Å². The van der Waals surface area contributed by atoms with E-state index in [2.05, 4.69) is 18.8 Å². The summed E-state index contributed by atoms with van der Waals surface area (Å²) < 4.78 is 6.08. The predicted octanol–water partition coefficient (Wildman–Crippen LogP) is 2.74. The van der Waals surface area contributed by atoms with Gasteiger partial charge in [-0.15, -0.1) is 0 Å². The SMILES string of the molecule is CC1CC(C)CC(Oc2cnccc2CN)C1. The van der Waals surface area contributed by atoms with Crippen LogP contribution in [-0.2, 0) is 6.54 Å². The van der Waals surface area contributed by atoms with Crippen LogP contribution in [0.25, 0.3) is 0 Å². The van der Waals surface area contributed by atoms with Crippen LogP contribution < -0.4 is 10.5 Å². The fourth-order valence-corrected chi connectivity index (χ4v) is 2.83. The van der Waals surface area contributed by atoms with Crippen LogP contribution in [0.3, 0.4) is 0 Å². The summed E-state index contributed by atoms with van der Waals surface area (Å²) in [6, 6.07) is 1.94. The molecule has 1 heterocycles. The normalized spacial score (nSPS) is 29.0. The van der Waals surface area contributed by atoms with E-state index in [4.69, 9.17) is 10.5 Å². The summed E-state index contributed by atoms with van der Waals surface area (Å²) in [7, 11) is 0. The maximum Gasteiger partial charge on any atom is 0.142 e. The van der Waals surface area contributed by atoms with Gasteiger partial charge in [-0.05, 0) is 37.2 Å². The lowest BCUT2D eigenvalue weighted by Crippen LogP contribution is -2.29. The van der Waals surface area contributed by atoms with Crippen LogP contribution in [-0.4, -0.2) is 11.1 Å². The Morgan fingerprint density at radius 2 is 2.00 bits per heavy atom. The lowest BCUT2D eigenvalue weighted by atomic mass is 9.82. The minimum Gasteiger partial charge on any atom is -0.488 e. The highest BCUT2D eigenvalue weighted by Crippen LogP contribution is 2.31. The molecule has 0 aromatic carbocycles. The summed E-state index contributed by atoms with van der Waals surface area (Å²) >= 11 is 0. The third-order valence-corrected chi connectivity index (χ3v) is 3.52. The molecule has 1 aliphatic carbocycles. The van der Waals surface area contributed by atoms with Crippen LogP contribution in [0.1, 0.15) is 38.7 Å². The van der Waals surface area contributed by atoms with E-state index in [1.807, 2.05) is 6.07 Å². The second-order valence-corrected chi connectivity index (χ2v) is 5.34. The molecule has 1 aromatic rings. The monoisotopic (exact) mass is 234 g/mol. The first-order valence-corrected chi connectivity index (χ1v) is 6.48. The second-order valence-electron chi connectivity index (χ2n) is 5.34. The zero-order valence-electron chi connectivity index (χ0n) is 10.7. The Kier molecular flexibility index (Phi) is 4.00. The van der Waals surface area contributed by atoms with Gasteiger partial charge in [-0.3, -0.25) is 4.98 Å². The number of hydrogen-bond acceptors (Lipinski definition) is 3. The summed E-state index contributed by atoms with van der Waals surface area (Å²) in [6.07, 6.45) is 7.47. The molecule has 1 fully saturated rings. The minimum atomic E-state index is 0.322. The molecular weight excluding hydrogens is 212 g/mol. The van der Waals surface area contributed by atoms with E-state index >= 15 is 0 Å². The summed E-state index contributed by atoms with van der Waals surface area (Å²) in [5.74, 6) is 2.37. The van der Waals surface area contributed by atoms with E-state index in [9.17, 15) is 0 Å². The van der Waals surface area contributed by atoms with Gasteiger partial charge >= 0.3 is 0 Å². The van der Waals surface area contributed by atoms with Crippen molar-refractivity contribution in [1.82, 2.24) is 4.98 Å². The van der Waals surface area contributed by atoms with Crippen LogP contribution in [0.5, 0.6) is 5.75 Å². The van der Waals surface area contributed by atoms with Gasteiger partial charge in [-0.2, -0.15) is 0 Å². The van der Waals surface area contributed by atoms with Crippen molar-refractivity contribution in [2.45, 2.75) is 45.8 Å². The third-order valence-electron chi connectivity index (χ3n) is 3.52. The molecule has 3 heteroatoms. The van der Waals surface area contributed by atoms with Crippen molar-refractivity contribution in [3.63, 3.8) is 0 Å². The first kappa shape index (κ1) is 12.4. The van der Waals surface area contributed by atoms with Gasteiger partial charge in [-0.1, -0.05) is 13.8 Å². The maximum absolute atomic E-state index is 6.08. The van der Waals surface area contributed by atoms with E-state index < -0.39 is 0 Å². The van der Waals surface area contributed by atoms with Gasteiger partial charge < -0.3 is 10.5 Å². The molecule has 0 amide bonds. The zero-order chi connectivity index (χ0) is 12.3. The first-order chi connectivity index (χ1) is 8.19. The second kappa shape index (κ2) is 5.50. The van der Waals surface area contributed by atoms with Crippen LogP contribution in [0, 0.1) is 11.8 Å². The molecule has 0 radical (unpaired) electrons. The van der Waals surface area contributed by atoms with Gasteiger partial charge in [0, 0.05) is 18.3 Å². The van der Waals surface area contributed by atoms with Gasteiger partial charge in [0.25, 0.3) is 0 Å². The number of hydrogen-bond donors (Lipinski definition) is 1. The van der Waals surface area contributed by atoms with Gasteiger partial charge in [0.05, 0.1) is 12.3 Å². The first-order valence-electron chi connectivity index (χ1n) is 6.48. The molecule has 2 N–H and O–H groups in total. The molecule has 1 aromatic heterocycles. The number of pyridine rings is 1. The number of nitrogens with zero attached hydrogens (tertiary/aromatic N) is 1. The Balaban J connectivity index is 2.04. The van der Waals surface area contributed by atoms with Crippen molar-refractivity contribution in [3.8, 4) is 5.75 Å². The van der Waals surface area contributed by atoms with Crippen molar-refractivity contribution in [1.29, 1.82) is 0 Å². The summed E-state index contributed by atoms with van der Waals surface area (Å²) in [5, 5.41) is 0. The molecule has 17 heavy (non-hydrogen) atoms. The maximum atomic E-state index is 6.08. The Bertz CT molecular complexity index is 357. The molecule has 0 aliphatic heterocycles. The molecule has 0 saturated heterocycles. The summed E-state index contributed by atoms with van der Waals surface area (Å²) in [5.41, 5.74) is 6.75. The van der Waals surface area contributed by atoms with Crippen molar-refractivity contribution in [2.75, 3.05) is 0 Å². The van der Waals surface area contributed by atoms with Crippen LogP contribution >= 0.6 is 0 Å². The molecule has 0 bridgehead atoms. The van der Waals surface area contributed by atoms with Crippen molar-refractivity contribution >= 4 is 0 Å². The largest absolute Gasteiger partial charge is 0.488 e. The average Bonchev–Trinajstić information content (AvgIpc) is 2.28. The number of ether oxygens (including phenoxy) is 1. The molecular formula is C14H22N2O. The number of aromatic nitrogens is 1. The van der Waals surface area contributed by atoms with E-state index in [0.29, 0.717) is 12.6 Å². The topological polar surface area (TPSA) is 48.1 Å². The molecule has 3 nitrogen and oxygen atoms in total. The minimum absolute atomic E-state index is 0.322. The molecule has 0 spiro atoms. The summed E-state index contributed by atoms with van der Waals surface area (Å²) in [4.78, 5) is 4.12. The Labute approximate surface area is 103 Å². The van der Waals surface area contributed by atoms with Crippen LogP contribution in [0.4, 0.5) is 0 Å². The molecule has 2 atom stereocenters. The predicted molar refractivity (Wildman–Crippen MR) is 68.7 cm³/mol. The van der Waals surface area contributed by atoms with Gasteiger partial charge in [-0.25, -0.2) is 0 Å². The Hall–Kier alpha value is -1.09. The quantitative estimate of drug-likeness (QED) is 0.874. The Morgan fingerprint density at radius 1 is 1.29 bits per heavy atom. The Morgan fingerprint density at radius 3 is 2.65 bits per heavy atom. The highest BCUT2D eigenvalue weighted by Gasteiger charge is 2.25. The fourth-order valence-electron chi connectivity index (χ4n) is 2.83.